The van der Waals surface area contributed by atoms with Crippen molar-refractivity contribution in [2.75, 3.05) is 0 Å². The average Bonchev–Trinajstić information content (AvgIpc) is 2.55. The first-order valence-corrected chi connectivity index (χ1v) is 6.34. The van der Waals surface area contributed by atoms with Crippen molar-refractivity contribution in [1.82, 2.24) is 5.43 Å². The van der Waals surface area contributed by atoms with Crippen molar-refractivity contribution < 1.29 is 14.7 Å². The van der Waals surface area contributed by atoms with Gasteiger partial charge in [-0.1, -0.05) is 60.7 Å². The van der Waals surface area contributed by atoms with Crippen LogP contribution in [-0.2, 0) is 4.79 Å². The summed E-state index contributed by atoms with van der Waals surface area (Å²) in [5.74, 6) is -1.02. The van der Waals surface area contributed by atoms with Gasteiger partial charge < -0.3 is 5.11 Å². The maximum absolute atomic E-state index is 11.7. The summed E-state index contributed by atoms with van der Waals surface area (Å²) in [4.78, 5) is 23.4. The molecule has 0 aliphatic rings. The molecule has 2 aromatic carbocycles. The summed E-state index contributed by atoms with van der Waals surface area (Å²) in [6.07, 6.45) is -0.319. The van der Waals surface area contributed by atoms with E-state index >= 15 is 0 Å². The van der Waals surface area contributed by atoms with E-state index in [2.05, 4.69) is 10.5 Å². The van der Waals surface area contributed by atoms with Gasteiger partial charge in [-0.15, -0.1) is 0 Å². The van der Waals surface area contributed by atoms with Crippen LogP contribution < -0.4 is 5.43 Å². The molecule has 0 spiro atoms. The topological polar surface area (TPSA) is 78.8 Å². The van der Waals surface area contributed by atoms with E-state index in [1.54, 1.807) is 60.7 Å². The summed E-state index contributed by atoms with van der Waals surface area (Å²) in [6, 6.07) is 17.0. The van der Waals surface area contributed by atoms with E-state index in [1.165, 1.54) is 0 Å². The fraction of sp³-hybridized carbons (Fsp3) is 0.0625. The summed E-state index contributed by atoms with van der Waals surface area (Å²) in [5, 5.41) is 13.4. The number of nitrogens with zero attached hydrogens (tertiary/aromatic N) is 1. The third-order valence-electron chi connectivity index (χ3n) is 2.78. The lowest BCUT2D eigenvalue weighted by Gasteiger charge is -2.08. The van der Waals surface area contributed by atoms with Crippen molar-refractivity contribution in [2.24, 2.45) is 5.10 Å². The largest absolute Gasteiger partial charge is 0.378 e. The molecule has 0 aliphatic carbocycles. The number of carbonyl (C=O) groups excluding carboxylic acids is 2. The Bertz CT molecular complexity index is 639. The molecule has 5 heteroatoms. The second kappa shape index (κ2) is 7.12. The molecular formula is C16H14N2O3. The molecule has 1 atom stereocenters. The minimum absolute atomic E-state index is 0.329. The Morgan fingerprint density at radius 1 is 1.00 bits per heavy atom. The minimum atomic E-state index is -1.32. The number of nitrogens with one attached hydrogen (secondary N) is 1. The maximum atomic E-state index is 11.7. The van der Waals surface area contributed by atoms with Crippen LogP contribution >= 0.6 is 0 Å². The molecule has 0 fully saturated rings. The lowest BCUT2D eigenvalue weighted by Crippen LogP contribution is -2.25. The van der Waals surface area contributed by atoms with Crippen LogP contribution in [0.3, 0.4) is 0 Å². The van der Waals surface area contributed by atoms with Gasteiger partial charge in [0.15, 0.2) is 6.10 Å². The summed E-state index contributed by atoms with van der Waals surface area (Å²) < 4.78 is 0. The van der Waals surface area contributed by atoms with Crippen LogP contribution in [0.4, 0.5) is 0 Å². The number of hydrazone groups is 1. The van der Waals surface area contributed by atoms with E-state index in [4.69, 9.17) is 0 Å². The van der Waals surface area contributed by atoms with Crippen LogP contribution in [0.25, 0.3) is 0 Å². The number of carbonyl (C=O) groups is 2. The first-order chi connectivity index (χ1) is 10.2. The van der Waals surface area contributed by atoms with E-state index in [9.17, 15) is 14.7 Å². The van der Waals surface area contributed by atoms with Gasteiger partial charge in [0.05, 0.1) is 6.21 Å². The van der Waals surface area contributed by atoms with Crippen molar-refractivity contribution >= 4 is 17.9 Å². The molecule has 21 heavy (non-hydrogen) atoms. The molecular weight excluding hydrogens is 268 g/mol. The maximum Gasteiger partial charge on any atom is 0.273 e. The van der Waals surface area contributed by atoms with Gasteiger partial charge in [0.1, 0.15) is 0 Å². The van der Waals surface area contributed by atoms with Gasteiger partial charge in [0, 0.05) is 5.56 Å². The number of benzene rings is 2. The first kappa shape index (κ1) is 14.6. The molecule has 1 amide bonds. The standard InChI is InChI=1S/C16H14N2O3/c19-14(12-7-3-1-4-8-12)11-17-18-16(21)15(20)13-9-5-2-6-10-13/h1-11,15,20H,(H,18,21)/b17-11+. The van der Waals surface area contributed by atoms with E-state index in [0.29, 0.717) is 11.1 Å². The number of hydrogen-bond acceptors (Lipinski definition) is 4. The molecule has 0 aliphatic heterocycles. The number of ketones is 1. The predicted octanol–water partition coefficient (Wildman–Crippen LogP) is 1.70. The van der Waals surface area contributed by atoms with Crippen molar-refractivity contribution in [3.8, 4) is 0 Å². The Hall–Kier alpha value is -2.79. The minimum Gasteiger partial charge on any atom is -0.378 e. The number of aliphatic hydroxyl groups excluding tert-OH is 1. The number of rotatable bonds is 5. The van der Waals surface area contributed by atoms with Crippen LogP contribution in [0.1, 0.15) is 22.0 Å². The monoisotopic (exact) mass is 282 g/mol. The number of aliphatic hydroxyl groups is 1. The Balaban J connectivity index is 1.92. The second-order valence-electron chi connectivity index (χ2n) is 4.28. The highest BCUT2D eigenvalue weighted by atomic mass is 16.3. The Morgan fingerprint density at radius 3 is 2.19 bits per heavy atom. The highest BCUT2D eigenvalue weighted by molar-refractivity contribution is 6.35. The predicted molar refractivity (Wildman–Crippen MR) is 78.8 cm³/mol. The highest BCUT2D eigenvalue weighted by Gasteiger charge is 2.16. The second-order valence-corrected chi connectivity index (χ2v) is 4.28. The molecule has 2 N–H and O–H groups in total. The fourth-order valence-corrected chi connectivity index (χ4v) is 1.68. The lowest BCUT2D eigenvalue weighted by atomic mass is 10.1. The number of amides is 1. The molecule has 2 aromatic rings. The summed E-state index contributed by atoms with van der Waals surface area (Å²) in [7, 11) is 0. The van der Waals surface area contributed by atoms with Crippen molar-refractivity contribution in [2.45, 2.75) is 6.10 Å². The zero-order chi connectivity index (χ0) is 15.1. The molecule has 0 aromatic heterocycles. The van der Waals surface area contributed by atoms with Gasteiger partial charge >= 0.3 is 0 Å². The number of hydrogen-bond donors (Lipinski definition) is 2. The van der Waals surface area contributed by atoms with Gasteiger partial charge in [0.25, 0.3) is 5.91 Å². The molecule has 0 radical (unpaired) electrons. The molecule has 106 valence electrons. The molecule has 2 rings (SSSR count). The van der Waals surface area contributed by atoms with Gasteiger partial charge in [-0.05, 0) is 5.56 Å². The summed E-state index contributed by atoms with van der Waals surface area (Å²) in [5.41, 5.74) is 3.07. The van der Waals surface area contributed by atoms with Crippen molar-refractivity contribution in [1.29, 1.82) is 0 Å². The molecule has 1 unspecified atom stereocenters. The van der Waals surface area contributed by atoms with Crippen LogP contribution in [0.5, 0.6) is 0 Å². The normalized spacial score (nSPS) is 12.0. The molecule has 0 heterocycles. The average molecular weight is 282 g/mol. The fourth-order valence-electron chi connectivity index (χ4n) is 1.68. The van der Waals surface area contributed by atoms with Crippen molar-refractivity contribution in [3.05, 3.63) is 71.8 Å². The van der Waals surface area contributed by atoms with E-state index in [1.807, 2.05) is 0 Å². The van der Waals surface area contributed by atoms with Crippen molar-refractivity contribution in [3.63, 3.8) is 0 Å². The highest BCUT2D eigenvalue weighted by Crippen LogP contribution is 2.11. The number of Topliss-reactive ketones (excluding diaryl/α,β-unsaturated/α-hetero) is 1. The Morgan fingerprint density at radius 2 is 1.57 bits per heavy atom. The van der Waals surface area contributed by atoms with Crippen LogP contribution in [0.15, 0.2) is 65.8 Å². The first-order valence-electron chi connectivity index (χ1n) is 6.34. The third kappa shape index (κ3) is 4.09. The van der Waals surface area contributed by atoms with Gasteiger partial charge in [0.2, 0.25) is 5.78 Å². The molecule has 0 saturated carbocycles. The quantitative estimate of drug-likeness (QED) is 0.498. The van der Waals surface area contributed by atoms with Gasteiger partial charge in [-0.25, -0.2) is 5.43 Å². The van der Waals surface area contributed by atoms with Gasteiger partial charge in [-0.3, -0.25) is 9.59 Å². The zero-order valence-electron chi connectivity index (χ0n) is 11.1. The molecule has 0 bridgehead atoms. The Kier molecular flexibility index (Phi) is 4.95. The van der Waals surface area contributed by atoms with Crippen LogP contribution in [-0.4, -0.2) is 23.0 Å². The smallest absolute Gasteiger partial charge is 0.273 e. The Labute approximate surface area is 121 Å². The molecule has 5 nitrogen and oxygen atoms in total. The van der Waals surface area contributed by atoms with E-state index < -0.39 is 12.0 Å². The van der Waals surface area contributed by atoms with Crippen LogP contribution in [0.2, 0.25) is 0 Å². The van der Waals surface area contributed by atoms with Crippen LogP contribution in [0, 0.1) is 0 Å². The lowest BCUT2D eigenvalue weighted by molar-refractivity contribution is -0.129. The summed E-state index contributed by atoms with van der Waals surface area (Å²) in [6.45, 7) is 0. The SMILES string of the molecule is O=C(/C=N/NC(=O)C(O)c1ccccc1)c1ccccc1. The third-order valence-corrected chi connectivity index (χ3v) is 2.78. The van der Waals surface area contributed by atoms with E-state index in [0.717, 1.165) is 6.21 Å². The van der Waals surface area contributed by atoms with Gasteiger partial charge in [-0.2, -0.15) is 5.10 Å². The zero-order valence-corrected chi connectivity index (χ0v) is 11.1. The van der Waals surface area contributed by atoms with E-state index in [-0.39, 0.29) is 5.78 Å². The summed E-state index contributed by atoms with van der Waals surface area (Å²) >= 11 is 0. The molecule has 0 saturated heterocycles.